The molecular weight excluding hydrogens is 388 g/mol. The van der Waals surface area contributed by atoms with E-state index in [2.05, 4.69) is 41.1 Å². The van der Waals surface area contributed by atoms with Crippen molar-refractivity contribution in [2.45, 2.75) is 33.8 Å². The van der Waals surface area contributed by atoms with Gasteiger partial charge in [0.1, 0.15) is 11.6 Å². The lowest BCUT2D eigenvalue weighted by molar-refractivity contribution is 0.180. The van der Waals surface area contributed by atoms with E-state index in [-0.39, 0.29) is 5.75 Å². The van der Waals surface area contributed by atoms with Gasteiger partial charge in [-0.2, -0.15) is 4.31 Å². The number of benzene rings is 1. The number of methoxy groups -OCH3 is 1. The number of hydrogen-bond donors (Lipinski definition) is 0. The molecule has 1 aliphatic rings. The predicted molar refractivity (Wildman–Crippen MR) is 115 cm³/mol. The van der Waals surface area contributed by atoms with Gasteiger partial charge >= 0.3 is 0 Å². The molecule has 0 aliphatic carbocycles. The van der Waals surface area contributed by atoms with Crippen molar-refractivity contribution in [2.24, 2.45) is 0 Å². The zero-order chi connectivity index (χ0) is 21.0. The SMILES string of the molecule is CCS(=O)(=O)N1CCN(c2nc(C)nc(COC)c2Cc2ccc(C)cc2)CC1. The molecule has 2 aromatic rings. The van der Waals surface area contributed by atoms with Crippen LogP contribution in [0.4, 0.5) is 5.82 Å². The first-order valence-electron chi connectivity index (χ1n) is 9.97. The third-order valence-corrected chi connectivity index (χ3v) is 7.14. The van der Waals surface area contributed by atoms with Crippen LogP contribution in [-0.2, 0) is 27.8 Å². The van der Waals surface area contributed by atoms with E-state index in [0.29, 0.717) is 45.0 Å². The molecule has 0 unspecified atom stereocenters. The summed E-state index contributed by atoms with van der Waals surface area (Å²) >= 11 is 0. The van der Waals surface area contributed by atoms with Crippen LogP contribution in [0.25, 0.3) is 0 Å². The number of anilines is 1. The molecule has 29 heavy (non-hydrogen) atoms. The van der Waals surface area contributed by atoms with E-state index in [1.165, 1.54) is 11.1 Å². The average molecular weight is 419 g/mol. The summed E-state index contributed by atoms with van der Waals surface area (Å²) in [5.41, 5.74) is 4.35. The van der Waals surface area contributed by atoms with Gasteiger partial charge in [0.15, 0.2) is 0 Å². The van der Waals surface area contributed by atoms with E-state index in [9.17, 15) is 8.42 Å². The van der Waals surface area contributed by atoms with Gasteiger partial charge in [-0.15, -0.1) is 0 Å². The lowest BCUT2D eigenvalue weighted by Gasteiger charge is -2.35. The first-order chi connectivity index (χ1) is 13.8. The van der Waals surface area contributed by atoms with E-state index in [1.807, 2.05) is 6.92 Å². The molecule has 2 heterocycles. The van der Waals surface area contributed by atoms with Gasteiger partial charge in [0, 0.05) is 45.3 Å². The lowest BCUT2D eigenvalue weighted by Crippen LogP contribution is -2.49. The van der Waals surface area contributed by atoms with Crippen LogP contribution in [0.3, 0.4) is 0 Å². The van der Waals surface area contributed by atoms with Gasteiger partial charge in [0.05, 0.1) is 18.1 Å². The zero-order valence-corrected chi connectivity index (χ0v) is 18.5. The van der Waals surface area contributed by atoms with Crippen LogP contribution in [0.1, 0.15) is 35.1 Å². The Balaban J connectivity index is 1.92. The maximum absolute atomic E-state index is 12.2. The van der Waals surface area contributed by atoms with Gasteiger partial charge < -0.3 is 9.64 Å². The summed E-state index contributed by atoms with van der Waals surface area (Å²) in [4.78, 5) is 11.6. The highest BCUT2D eigenvalue weighted by Crippen LogP contribution is 2.26. The highest BCUT2D eigenvalue weighted by Gasteiger charge is 2.28. The second-order valence-electron chi connectivity index (χ2n) is 7.40. The van der Waals surface area contributed by atoms with E-state index < -0.39 is 10.0 Å². The van der Waals surface area contributed by atoms with Crippen molar-refractivity contribution in [2.75, 3.05) is 43.9 Å². The smallest absolute Gasteiger partial charge is 0.213 e. The average Bonchev–Trinajstić information content (AvgIpc) is 2.71. The maximum Gasteiger partial charge on any atom is 0.213 e. The number of aryl methyl sites for hydroxylation is 2. The summed E-state index contributed by atoms with van der Waals surface area (Å²) in [6, 6.07) is 8.46. The molecule has 1 aromatic heterocycles. The molecule has 0 amide bonds. The van der Waals surface area contributed by atoms with Crippen molar-refractivity contribution in [1.82, 2.24) is 14.3 Å². The molecule has 158 valence electrons. The van der Waals surface area contributed by atoms with Crippen molar-refractivity contribution in [3.63, 3.8) is 0 Å². The van der Waals surface area contributed by atoms with E-state index in [1.54, 1.807) is 18.3 Å². The Hall–Kier alpha value is -2.03. The molecule has 8 heteroatoms. The largest absolute Gasteiger partial charge is 0.378 e. The van der Waals surface area contributed by atoms with Crippen LogP contribution in [0.5, 0.6) is 0 Å². The van der Waals surface area contributed by atoms with Gasteiger partial charge in [-0.3, -0.25) is 0 Å². The van der Waals surface area contributed by atoms with Crippen molar-refractivity contribution in [1.29, 1.82) is 0 Å². The van der Waals surface area contributed by atoms with Crippen molar-refractivity contribution in [3.8, 4) is 0 Å². The number of rotatable bonds is 7. The van der Waals surface area contributed by atoms with Crippen molar-refractivity contribution >= 4 is 15.8 Å². The van der Waals surface area contributed by atoms with Gasteiger partial charge in [-0.1, -0.05) is 29.8 Å². The summed E-state index contributed by atoms with van der Waals surface area (Å²) < 4.78 is 31.4. The Kier molecular flexibility index (Phi) is 6.87. The number of ether oxygens (including phenoxy) is 1. The zero-order valence-electron chi connectivity index (χ0n) is 17.7. The standard InChI is InChI=1S/C21H30N4O3S/c1-5-29(26,27)25-12-10-24(11-13-25)21-19(14-18-8-6-16(2)7-9-18)20(15-28-4)22-17(3)23-21/h6-9H,5,10-15H2,1-4H3. The molecule has 1 fully saturated rings. The molecule has 0 radical (unpaired) electrons. The van der Waals surface area contributed by atoms with Gasteiger partial charge in [0.25, 0.3) is 0 Å². The Morgan fingerprint density at radius 2 is 1.69 bits per heavy atom. The van der Waals surface area contributed by atoms with E-state index in [0.717, 1.165) is 17.1 Å². The fraction of sp³-hybridized carbons (Fsp3) is 0.524. The number of aromatic nitrogens is 2. The van der Waals surface area contributed by atoms with Crippen LogP contribution in [0, 0.1) is 13.8 Å². The second kappa shape index (κ2) is 9.19. The highest BCUT2D eigenvalue weighted by atomic mass is 32.2. The van der Waals surface area contributed by atoms with Crippen molar-refractivity contribution in [3.05, 3.63) is 52.5 Å². The Bertz CT molecular complexity index is 937. The highest BCUT2D eigenvalue weighted by molar-refractivity contribution is 7.89. The first-order valence-corrected chi connectivity index (χ1v) is 11.6. The molecule has 1 saturated heterocycles. The van der Waals surface area contributed by atoms with Crippen LogP contribution in [0.15, 0.2) is 24.3 Å². The summed E-state index contributed by atoms with van der Waals surface area (Å²) in [5, 5.41) is 0. The third kappa shape index (κ3) is 5.12. The number of piperazine rings is 1. The quantitative estimate of drug-likeness (QED) is 0.687. The Labute approximate surface area is 173 Å². The minimum Gasteiger partial charge on any atom is -0.378 e. The molecule has 7 nitrogen and oxygen atoms in total. The van der Waals surface area contributed by atoms with Crippen LogP contribution < -0.4 is 4.90 Å². The normalized spacial score (nSPS) is 15.7. The van der Waals surface area contributed by atoms with Crippen molar-refractivity contribution < 1.29 is 13.2 Å². The van der Waals surface area contributed by atoms with Crippen LogP contribution in [-0.4, -0.2) is 61.7 Å². The fourth-order valence-corrected chi connectivity index (χ4v) is 4.69. The molecule has 0 spiro atoms. The molecule has 0 bridgehead atoms. The molecule has 0 N–H and O–H groups in total. The Morgan fingerprint density at radius 1 is 1.03 bits per heavy atom. The first kappa shape index (κ1) is 21.7. The monoisotopic (exact) mass is 418 g/mol. The molecule has 1 aliphatic heterocycles. The lowest BCUT2D eigenvalue weighted by atomic mass is 10.0. The van der Waals surface area contributed by atoms with Gasteiger partial charge in [0.2, 0.25) is 10.0 Å². The van der Waals surface area contributed by atoms with E-state index in [4.69, 9.17) is 9.72 Å². The summed E-state index contributed by atoms with van der Waals surface area (Å²) in [5.74, 6) is 1.72. The molecule has 0 saturated carbocycles. The number of hydrogen-bond acceptors (Lipinski definition) is 6. The van der Waals surface area contributed by atoms with Gasteiger partial charge in [-0.25, -0.2) is 18.4 Å². The summed E-state index contributed by atoms with van der Waals surface area (Å²) in [7, 11) is -1.49. The fourth-order valence-electron chi connectivity index (χ4n) is 3.61. The predicted octanol–water partition coefficient (Wildman–Crippen LogP) is 2.30. The summed E-state index contributed by atoms with van der Waals surface area (Å²) in [6.45, 7) is 8.24. The molecule has 1 aromatic carbocycles. The minimum absolute atomic E-state index is 0.135. The maximum atomic E-state index is 12.2. The van der Waals surface area contributed by atoms with Gasteiger partial charge in [-0.05, 0) is 26.3 Å². The molecule has 0 atom stereocenters. The minimum atomic E-state index is -3.16. The molecule has 3 rings (SSSR count). The number of nitrogens with zero attached hydrogens (tertiary/aromatic N) is 4. The summed E-state index contributed by atoms with van der Waals surface area (Å²) in [6.07, 6.45) is 0.710. The molecular formula is C21H30N4O3S. The topological polar surface area (TPSA) is 75.6 Å². The van der Waals surface area contributed by atoms with Crippen LogP contribution >= 0.6 is 0 Å². The van der Waals surface area contributed by atoms with Crippen LogP contribution in [0.2, 0.25) is 0 Å². The second-order valence-corrected chi connectivity index (χ2v) is 9.66. The third-order valence-electron chi connectivity index (χ3n) is 5.26. The van der Waals surface area contributed by atoms with E-state index >= 15 is 0 Å². The number of sulfonamides is 1. The Morgan fingerprint density at radius 3 is 2.28 bits per heavy atom.